The van der Waals surface area contributed by atoms with E-state index in [0.29, 0.717) is 13.3 Å². The van der Waals surface area contributed by atoms with E-state index in [-0.39, 0.29) is 6.17 Å². The number of anilines is 1. The van der Waals surface area contributed by atoms with Gasteiger partial charge in [0, 0.05) is 18.9 Å². The van der Waals surface area contributed by atoms with Crippen LogP contribution in [0.5, 0.6) is 0 Å². The number of aliphatic imine (C=N–C) groups is 1. The van der Waals surface area contributed by atoms with Gasteiger partial charge in [-0.25, -0.2) is 9.98 Å². The fraction of sp³-hybridized carbons (Fsp3) is 0.190. The lowest BCUT2D eigenvalue weighted by Crippen LogP contribution is -2.57. The Hall–Kier alpha value is -3.65. The summed E-state index contributed by atoms with van der Waals surface area (Å²) < 4.78 is 7.91. The van der Waals surface area contributed by atoms with Crippen LogP contribution in [0, 0.1) is 0 Å². The van der Waals surface area contributed by atoms with Crippen LogP contribution in [0.15, 0.2) is 76.6 Å². The maximum atomic E-state index is 5.73. The zero-order chi connectivity index (χ0) is 19.2. The highest BCUT2D eigenvalue weighted by Gasteiger charge is 2.36. The molecular formula is C21H19N7O. The molecule has 5 heterocycles. The zero-order valence-corrected chi connectivity index (χ0v) is 15.6. The molecule has 0 saturated heterocycles. The third-order valence-electron chi connectivity index (χ3n) is 5.30. The Balaban J connectivity index is 1.42. The standard InChI is InChI=1S/C21H19N7O/c1-2-7-17-16(6-1)24-21-27-14-26(12-15-5-3-9-22-11-15)13-23-20(27)25-19(28(17)21)18-8-4-10-29-18/h1-11,19H,12-14H2,(H,23,25). The third-order valence-corrected chi connectivity index (χ3v) is 5.30. The van der Waals surface area contributed by atoms with E-state index in [1.165, 1.54) is 0 Å². The Morgan fingerprint density at radius 3 is 2.93 bits per heavy atom. The molecule has 0 fully saturated rings. The number of benzene rings is 1. The second kappa shape index (κ2) is 6.46. The van der Waals surface area contributed by atoms with Gasteiger partial charge in [-0.05, 0) is 35.9 Å². The predicted molar refractivity (Wildman–Crippen MR) is 109 cm³/mol. The van der Waals surface area contributed by atoms with Gasteiger partial charge in [0.15, 0.2) is 6.17 Å². The molecule has 29 heavy (non-hydrogen) atoms. The fourth-order valence-corrected chi connectivity index (χ4v) is 4.00. The zero-order valence-electron chi connectivity index (χ0n) is 15.6. The van der Waals surface area contributed by atoms with Crippen molar-refractivity contribution in [2.75, 3.05) is 18.2 Å². The van der Waals surface area contributed by atoms with Gasteiger partial charge in [-0.3, -0.25) is 19.4 Å². The number of hydrogen-bond acceptors (Lipinski definition) is 7. The minimum atomic E-state index is -0.188. The van der Waals surface area contributed by atoms with Gasteiger partial charge in [0.05, 0.1) is 30.6 Å². The van der Waals surface area contributed by atoms with E-state index in [4.69, 9.17) is 14.4 Å². The number of nitrogens with one attached hydrogen (secondary N) is 1. The quantitative estimate of drug-likeness (QED) is 0.585. The van der Waals surface area contributed by atoms with Crippen LogP contribution in [0.2, 0.25) is 0 Å². The largest absolute Gasteiger partial charge is 0.465 e. The maximum absolute atomic E-state index is 5.73. The van der Waals surface area contributed by atoms with Gasteiger partial charge < -0.3 is 9.73 Å². The van der Waals surface area contributed by atoms with Crippen molar-refractivity contribution < 1.29 is 4.42 Å². The first-order valence-electron chi connectivity index (χ1n) is 9.57. The summed E-state index contributed by atoms with van der Waals surface area (Å²) in [6, 6.07) is 16.1. The Morgan fingerprint density at radius 2 is 2.07 bits per heavy atom. The number of pyridine rings is 1. The molecule has 6 rings (SSSR count). The highest BCUT2D eigenvalue weighted by Crippen LogP contribution is 2.34. The molecule has 0 amide bonds. The summed E-state index contributed by atoms with van der Waals surface area (Å²) in [5.41, 5.74) is 3.17. The number of aromatic nitrogens is 3. The van der Waals surface area contributed by atoms with Gasteiger partial charge in [0.25, 0.3) is 0 Å². The Kier molecular flexibility index (Phi) is 3.63. The van der Waals surface area contributed by atoms with Gasteiger partial charge in [-0.2, -0.15) is 0 Å². The van der Waals surface area contributed by atoms with Crippen molar-refractivity contribution in [3.63, 3.8) is 0 Å². The van der Waals surface area contributed by atoms with Crippen LogP contribution < -0.4 is 10.2 Å². The molecule has 1 aromatic carbocycles. The number of nitrogens with zero attached hydrogens (tertiary/aromatic N) is 6. The van der Waals surface area contributed by atoms with E-state index >= 15 is 0 Å². The number of guanidine groups is 1. The van der Waals surface area contributed by atoms with Crippen molar-refractivity contribution >= 4 is 22.9 Å². The predicted octanol–water partition coefficient (Wildman–Crippen LogP) is 2.77. The topological polar surface area (TPSA) is 74.7 Å². The SMILES string of the molecule is c1cncc(CN2CN=C3NC(c4ccco4)n4c(nc5ccccc54)N3C2)c1. The van der Waals surface area contributed by atoms with E-state index in [1.54, 1.807) is 12.5 Å². The first-order chi connectivity index (χ1) is 14.4. The van der Waals surface area contributed by atoms with Crippen molar-refractivity contribution in [2.24, 2.45) is 4.99 Å². The Morgan fingerprint density at radius 1 is 1.10 bits per heavy atom. The lowest BCUT2D eigenvalue weighted by molar-refractivity contribution is 0.261. The van der Waals surface area contributed by atoms with E-state index in [1.807, 2.05) is 42.6 Å². The molecule has 0 spiro atoms. The minimum Gasteiger partial charge on any atom is -0.465 e. The molecule has 1 unspecified atom stereocenters. The molecule has 1 N–H and O–H groups in total. The highest BCUT2D eigenvalue weighted by molar-refractivity contribution is 5.98. The minimum absolute atomic E-state index is 0.188. The second-order valence-corrected chi connectivity index (χ2v) is 7.22. The summed E-state index contributed by atoms with van der Waals surface area (Å²) in [5.74, 6) is 2.51. The summed E-state index contributed by atoms with van der Waals surface area (Å²) >= 11 is 0. The number of furan rings is 1. The van der Waals surface area contributed by atoms with E-state index in [9.17, 15) is 0 Å². The molecule has 144 valence electrons. The summed E-state index contributed by atoms with van der Waals surface area (Å²) in [6.45, 7) is 2.08. The van der Waals surface area contributed by atoms with Crippen LogP contribution in [0.1, 0.15) is 17.5 Å². The van der Waals surface area contributed by atoms with Crippen molar-refractivity contribution in [1.82, 2.24) is 24.8 Å². The van der Waals surface area contributed by atoms with Gasteiger partial charge in [-0.1, -0.05) is 18.2 Å². The van der Waals surface area contributed by atoms with Gasteiger partial charge >= 0.3 is 0 Å². The molecule has 3 aromatic heterocycles. The molecule has 2 aliphatic rings. The number of rotatable bonds is 3. The van der Waals surface area contributed by atoms with Crippen LogP contribution >= 0.6 is 0 Å². The average molecular weight is 385 g/mol. The van der Waals surface area contributed by atoms with E-state index in [2.05, 4.69) is 36.8 Å². The first-order valence-corrected chi connectivity index (χ1v) is 9.57. The maximum Gasteiger partial charge on any atom is 0.216 e. The van der Waals surface area contributed by atoms with Gasteiger partial charge in [0.1, 0.15) is 5.76 Å². The van der Waals surface area contributed by atoms with Crippen molar-refractivity contribution in [2.45, 2.75) is 12.7 Å². The highest BCUT2D eigenvalue weighted by atomic mass is 16.3. The van der Waals surface area contributed by atoms with Crippen LogP contribution in [0.4, 0.5) is 5.95 Å². The summed E-state index contributed by atoms with van der Waals surface area (Å²) in [5, 5.41) is 3.54. The molecule has 4 aromatic rings. The molecular weight excluding hydrogens is 366 g/mol. The van der Waals surface area contributed by atoms with Crippen LogP contribution in [-0.4, -0.2) is 38.7 Å². The van der Waals surface area contributed by atoms with Crippen LogP contribution in [0.3, 0.4) is 0 Å². The number of fused-ring (bicyclic) bond motifs is 5. The fourth-order valence-electron chi connectivity index (χ4n) is 4.00. The normalized spacial score (nSPS) is 18.8. The Labute approximate surface area is 167 Å². The van der Waals surface area contributed by atoms with Gasteiger partial charge in [0.2, 0.25) is 11.9 Å². The molecule has 8 heteroatoms. The Bertz CT molecular complexity index is 1180. The van der Waals surface area contributed by atoms with Crippen molar-refractivity contribution in [1.29, 1.82) is 0 Å². The molecule has 0 radical (unpaired) electrons. The molecule has 0 aliphatic carbocycles. The lowest BCUT2D eigenvalue weighted by atomic mass is 10.2. The van der Waals surface area contributed by atoms with Crippen LogP contribution in [0.25, 0.3) is 11.0 Å². The van der Waals surface area contributed by atoms with Crippen LogP contribution in [-0.2, 0) is 6.54 Å². The van der Waals surface area contributed by atoms with Crippen molar-refractivity contribution in [3.05, 3.63) is 78.5 Å². The molecule has 1 atom stereocenters. The van der Waals surface area contributed by atoms with Gasteiger partial charge in [-0.15, -0.1) is 0 Å². The van der Waals surface area contributed by atoms with Crippen molar-refractivity contribution in [3.8, 4) is 0 Å². The lowest BCUT2D eigenvalue weighted by Gasteiger charge is -2.41. The molecule has 2 aliphatic heterocycles. The summed E-state index contributed by atoms with van der Waals surface area (Å²) in [7, 11) is 0. The monoisotopic (exact) mass is 385 g/mol. The van der Waals surface area contributed by atoms with E-state index in [0.717, 1.165) is 40.8 Å². The molecule has 8 nitrogen and oxygen atoms in total. The second-order valence-electron chi connectivity index (χ2n) is 7.22. The average Bonchev–Trinajstić information content (AvgIpc) is 3.43. The number of imidazole rings is 1. The molecule has 0 bridgehead atoms. The van der Waals surface area contributed by atoms with E-state index < -0.39 is 0 Å². The first kappa shape index (κ1) is 16.3. The smallest absolute Gasteiger partial charge is 0.216 e. The number of hydrogen-bond donors (Lipinski definition) is 1. The number of para-hydroxylation sites is 2. The molecule has 0 saturated carbocycles. The summed E-state index contributed by atoms with van der Waals surface area (Å²) in [6.07, 6.45) is 5.20. The third kappa shape index (κ3) is 2.68. The summed E-state index contributed by atoms with van der Waals surface area (Å²) in [4.78, 5) is 18.3.